The fraction of sp³-hybridized carbons (Fsp3) is 0.444. The first-order valence-electron chi connectivity index (χ1n) is 7.71. The van der Waals surface area contributed by atoms with E-state index in [-0.39, 0.29) is 0 Å². The molecule has 0 saturated carbocycles. The Bertz CT molecular complexity index is 553. The molecule has 0 radical (unpaired) electrons. The average molecular weight is 268 g/mol. The Morgan fingerprint density at radius 2 is 2.00 bits per heavy atom. The van der Waals surface area contributed by atoms with Crippen molar-refractivity contribution in [2.75, 3.05) is 20.1 Å². The molecule has 1 aliphatic heterocycles. The largest absolute Gasteiger partial charge is 0.314 e. The Hall–Kier alpha value is -1.38. The van der Waals surface area contributed by atoms with Gasteiger partial charge in [0, 0.05) is 12.6 Å². The molecule has 106 valence electrons. The van der Waals surface area contributed by atoms with Crippen LogP contribution in [-0.2, 0) is 6.54 Å². The van der Waals surface area contributed by atoms with Gasteiger partial charge in [0.05, 0.1) is 0 Å². The lowest BCUT2D eigenvalue weighted by molar-refractivity contribution is 0.306. The molecule has 0 aliphatic carbocycles. The third-order valence-corrected chi connectivity index (χ3v) is 4.34. The van der Waals surface area contributed by atoms with Gasteiger partial charge in [0.15, 0.2) is 0 Å². The molecule has 2 nitrogen and oxygen atoms in total. The van der Waals surface area contributed by atoms with E-state index < -0.39 is 0 Å². The Kier molecular flexibility index (Phi) is 4.34. The summed E-state index contributed by atoms with van der Waals surface area (Å²) in [7, 11) is 2.23. The maximum absolute atomic E-state index is 3.58. The highest BCUT2D eigenvalue weighted by Crippen LogP contribution is 2.20. The second-order valence-corrected chi connectivity index (χ2v) is 5.96. The van der Waals surface area contributed by atoms with Crippen LogP contribution in [0.4, 0.5) is 0 Å². The van der Waals surface area contributed by atoms with Crippen molar-refractivity contribution >= 4 is 10.8 Å². The van der Waals surface area contributed by atoms with Gasteiger partial charge in [-0.15, -0.1) is 0 Å². The molecule has 1 atom stereocenters. The van der Waals surface area contributed by atoms with E-state index in [2.05, 4.69) is 59.7 Å². The first kappa shape index (κ1) is 13.6. The van der Waals surface area contributed by atoms with Gasteiger partial charge < -0.3 is 10.2 Å². The number of nitrogens with zero attached hydrogens (tertiary/aromatic N) is 1. The molecule has 0 amide bonds. The van der Waals surface area contributed by atoms with Crippen molar-refractivity contribution in [1.29, 1.82) is 0 Å². The van der Waals surface area contributed by atoms with Crippen LogP contribution in [0, 0.1) is 0 Å². The van der Waals surface area contributed by atoms with Crippen molar-refractivity contribution in [2.45, 2.75) is 31.8 Å². The number of benzene rings is 2. The lowest BCUT2D eigenvalue weighted by atomic mass is 10.0. The highest BCUT2D eigenvalue weighted by Gasteiger charge is 2.14. The van der Waals surface area contributed by atoms with E-state index in [9.17, 15) is 0 Å². The molecule has 0 aromatic heterocycles. The van der Waals surface area contributed by atoms with E-state index in [0.717, 1.165) is 12.6 Å². The lowest BCUT2D eigenvalue weighted by Gasteiger charge is -2.20. The molecular formula is C18H24N2. The van der Waals surface area contributed by atoms with Gasteiger partial charge in [0.25, 0.3) is 0 Å². The smallest absolute Gasteiger partial charge is 0.0236 e. The van der Waals surface area contributed by atoms with Crippen LogP contribution in [0.5, 0.6) is 0 Å². The summed E-state index contributed by atoms with van der Waals surface area (Å²) in [6, 6.07) is 16.0. The van der Waals surface area contributed by atoms with E-state index in [0.29, 0.717) is 0 Å². The second-order valence-electron chi connectivity index (χ2n) is 5.96. The molecule has 1 N–H and O–H groups in total. The van der Waals surface area contributed by atoms with Crippen molar-refractivity contribution in [2.24, 2.45) is 0 Å². The third kappa shape index (κ3) is 3.20. The van der Waals surface area contributed by atoms with E-state index >= 15 is 0 Å². The summed E-state index contributed by atoms with van der Waals surface area (Å²) in [4.78, 5) is 2.45. The molecule has 20 heavy (non-hydrogen) atoms. The van der Waals surface area contributed by atoms with Crippen molar-refractivity contribution in [3.63, 3.8) is 0 Å². The normalized spacial score (nSPS) is 19.0. The maximum atomic E-state index is 3.58. The lowest BCUT2D eigenvalue weighted by Crippen LogP contribution is -2.28. The highest BCUT2D eigenvalue weighted by atomic mass is 15.1. The second kappa shape index (κ2) is 6.38. The number of nitrogens with one attached hydrogen (secondary N) is 1. The minimum atomic E-state index is 0.741. The minimum Gasteiger partial charge on any atom is -0.314 e. The fourth-order valence-corrected chi connectivity index (χ4v) is 3.18. The standard InChI is InChI=1S/C18H24N2/c1-20(13-11-17-9-5-12-19-17)14-16-8-4-7-15-6-2-3-10-18(15)16/h2-4,6-8,10,17,19H,5,9,11-14H2,1H3. The monoisotopic (exact) mass is 268 g/mol. The Balaban J connectivity index is 1.63. The topological polar surface area (TPSA) is 15.3 Å². The summed E-state index contributed by atoms with van der Waals surface area (Å²) in [5, 5.41) is 6.31. The summed E-state index contributed by atoms with van der Waals surface area (Å²) < 4.78 is 0. The molecule has 1 saturated heterocycles. The SMILES string of the molecule is CN(CCC1CCCN1)Cc1cccc2ccccc12. The third-order valence-electron chi connectivity index (χ3n) is 4.34. The zero-order valence-electron chi connectivity index (χ0n) is 12.3. The maximum Gasteiger partial charge on any atom is 0.0236 e. The van der Waals surface area contributed by atoms with Crippen LogP contribution in [0.3, 0.4) is 0 Å². The number of rotatable bonds is 5. The van der Waals surface area contributed by atoms with Gasteiger partial charge in [-0.25, -0.2) is 0 Å². The highest BCUT2D eigenvalue weighted by molar-refractivity contribution is 5.85. The Labute approximate surface area is 121 Å². The molecule has 1 heterocycles. The first-order chi connectivity index (χ1) is 9.83. The fourth-order valence-electron chi connectivity index (χ4n) is 3.18. The summed E-state index contributed by atoms with van der Waals surface area (Å²) in [5.41, 5.74) is 1.44. The van der Waals surface area contributed by atoms with Crippen LogP contribution >= 0.6 is 0 Å². The quantitative estimate of drug-likeness (QED) is 0.894. The van der Waals surface area contributed by atoms with E-state index in [1.165, 1.54) is 48.7 Å². The zero-order valence-corrected chi connectivity index (χ0v) is 12.3. The van der Waals surface area contributed by atoms with Crippen LogP contribution < -0.4 is 5.32 Å². The number of hydrogen-bond donors (Lipinski definition) is 1. The molecule has 1 aliphatic rings. The van der Waals surface area contributed by atoms with E-state index in [1.807, 2.05) is 0 Å². The minimum absolute atomic E-state index is 0.741. The van der Waals surface area contributed by atoms with Crippen LogP contribution in [0.1, 0.15) is 24.8 Å². The van der Waals surface area contributed by atoms with Crippen molar-refractivity contribution in [3.05, 3.63) is 48.0 Å². The van der Waals surface area contributed by atoms with Crippen LogP contribution in [0.2, 0.25) is 0 Å². The molecule has 2 heteroatoms. The van der Waals surface area contributed by atoms with E-state index in [1.54, 1.807) is 0 Å². The molecule has 0 spiro atoms. The average Bonchev–Trinajstić information content (AvgIpc) is 2.99. The predicted octanol–water partition coefficient (Wildman–Crippen LogP) is 3.41. The zero-order chi connectivity index (χ0) is 13.8. The molecule has 2 aromatic carbocycles. The van der Waals surface area contributed by atoms with Crippen LogP contribution in [0.25, 0.3) is 10.8 Å². The molecule has 2 aromatic rings. The first-order valence-corrected chi connectivity index (χ1v) is 7.71. The number of fused-ring (bicyclic) bond motifs is 1. The Morgan fingerprint density at radius 3 is 2.85 bits per heavy atom. The summed E-state index contributed by atoms with van der Waals surface area (Å²) >= 11 is 0. The van der Waals surface area contributed by atoms with Gasteiger partial charge in [-0.05, 0) is 55.7 Å². The summed E-state index contributed by atoms with van der Waals surface area (Å²) in [6.07, 6.45) is 3.96. The van der Waals surface area contributed by atoms with Crippen LogP contribution in [-0.4, -0.2) is 31.1 Å². The van der Waals surface area contributed by atoms with Gasteiger partial charge in [-0.1, -0.05) is 42.5 Å². The van der Waals surface area contributed by atoms with Crippen molar-refractivity contribution in [3.8, 4) is 0 Å². The van der Waals surface area contributed by atoms with Crippen LogP contribution in [0.15, 0.2) is 42.5 Å². The predicted molar refractivity (Wildman–Crippen MR) is 85.9 cm³/mol. The summed E-state index contributed by atoms with van der Waals surface area (Å²) in [6.45, 7) is 3.41. The van der Waals surface area contributed by atoms with Gasteiger partial charge in [0.1, 0.15) is 0 Å². The van der Waals surface area contributed by atoms with Crippen molar-refractivity contribution < 1.29 is 0 Å². The van der Waals surface area contributed by atoms with E-state index in [4.69, 9.17) is 0 Å². The Morgan fingerprint density at radius 1 is 1.15 bits per heavy atom. The molecule has 1 unspecified atom stereocenters. The molecule has 0 bridgehead atoms. The molecule has 1 fully saturated rings. The molecular weight excluding hydrogens is 244 g/mol. The number of hydrogen-bond acceptors (Lipinski definition) is 2. The van der Waals surface area contributed by atoms with Gasteiger partial charge >= 0.3 is 0 Å². The summed E-state index contributed by atoms with van der Waals surface area (Å²) in [5.74, 6) is 0. The van der Waals surface area contributed by atoms with Crippen molar-refractivity contribution in [1.82, 2.24) is 10.2 Å². The molecule has 3 rings (SSSR count). The van der Waals surface area contributed by atoms with Gasteiger partial charge in [0.2, 0.25) is 0 Å². The van der Waals surface area contributed by atoms with Gasteiger partial charge in [-0.2, -0.15) is 0 Å². The van der Waals surface area contributed by atoms with Gasteiger partial charge in [-0.3, -0.25) is 0 Å².